The largest absolute Gasteiger partial charge is 0.329 e. The lowest BCUT2D eigenvalue weighted by Crippen LogP contribution is -2.48. The Morgan fingerprint density at radius 2 is 2.05 bits per heavy atom. The second-order valence-corrected chi connectivity index (χ2v) is 7.27. The summed E-state index contributed by atoms with van der Waals surface area (Å²) < 4.78 is 0.355. The van der Waals surface area contributed by atoms with Gasteiger partial charge in [0, 0.05) is 23.8 Å². The summed E-state index contributed by atoms with van der Waals surface area (Å²) in [4.78, 5) is 2.64. The Morgan fingerprint density at radius 1 is 1.32 bits per heavy atom. The van der Waals surface area contributed by atoms with E-state index in [0.29, 0.717) is 4.75 Å². The minimum atomic E-state index is 0.355. The van der Waals surface area contributed by atoms with E-state index in [4.69, 9.17) is 5.73 Å². The molecule has 1 saturated heterocycles. The van der Waals surface area contributed by atoms with Gasteiger partial charge in [0.2, 0.25) is 0 Å². The molecule has 1 fully saturated rings. The van der Waals surface area contributed by atoms with Crippen LogP contribution >= 0.6 is 11.8 Å². The van der Waals surface area contributed by atoms with Crippen molar-refractivity contribution in [2.75, 3.05) is 32.4 Å². The van der Waals surface area contributed by atoms with E-state index in [9.17, 15) is 0 Å². The molecule has 2 aliphatic rings. The van der Waals surface area contributed by atoms with Crippen molar-refractivity contribution < 1.29 is 0 Å². The fourth-order valence-electron chi connectivity index (χ4n) is 3.47. The van der Waals surface area contributed by atoms with Crippen molar-refractivity contribution in [3.8, 4) is 0 Å². The van der Waals surface area contributed by atoms with Crippen LogP contribution < -0.4 is 5.73 Å². The third kappa shape index (κ3) is 2.56. The highest BCUT2D eigenvalue weighted by atomic mass is 32.2. The molecule has 0 aromatic heterocycles. The van der Waals surface area contributed by atoms with E-state index in [1.807, 2.05) is 11.8 Å². The highest BCUT2D eigenvalue weighted by Crippen LogP contribution is 2.38. The summed E-state index contributed by atoms with van der Waals surface area (Å²) in [6, 6.07) is 8.91. The van der Waals surface area contributed by atoms with Crippen LogP contribution in [0.25, 0.3) is 0 Å². The van der Waals surface area contributed by atoms with Crippen molar-refractivity contribution in [1.29, 1.82) is 0 Å². The quantitative estimate of drug-likeness (QED) is 0.916. The lowest BCUT2D eigenvalue weighted by atomic mass is 9.77. The zero-order valence-corrected chi connectivity index (χ0v) is 12.6. The topological polar surface area (TPSA) is 29.3 Å². The lowest BCUT2D eigenvalue weighted by Gasteiger charge is -2.42. The fourth-order valence-corrected chi connectivity index (χ4v) is 4.23. The molecule has 0 radical (unpaired) electrons. The summed E-state index contributed by atoms with van der Waals surface area (Å²) in [6.45, 7) is 4.51. The number of rotatable bonds is 4. The van der Waals surface area contributed by atoms with Gasteiger partial charge in [0.25, 0.3) is 0 Å². The first-order valence-corrected chi connectivity index (χ1v) is 8.54. The van der Waals surface area contributed by atoms with E-state index in [-0.39, 0.29) is 0 Å². The summed E-state index contributed by atoms with van der Waals surface area (Å²) in [5.41, 5.74) is 9.10. The Kier molecular flexibility index (Phi) is 3.88. The van der Waals surface area contributed by atoms with Gasteiger partial charge in [0.05, 0.1) is 0 Å². The number of thioether (sulfide) groups is 1. The number of hydrogen-bond donors (Lipinski definition) is 1. The Balaban J connectivity index is 1.54. The molecule has 1 aliphatic heterocycles. The molecule has 0 bridgehead atoms. The van der Waals surface area contributed by atoms with Crippen LogP contribution in [0.4, 0.5) is 0 Å². The van der Waals surface area contributed by atoms with E-state index >= 15 is 0 Å². The lowest BCUT2D eigenvalue weighted by molar-refractivity contribution is 0.186. The van der Waals surface area contributed by atoms with Crippen molar-refractivity contribution in [1.82, 2.24) is 4.90 Å². The van der Waals surface area contributed by atoms with Gasteiger partial charge in [-0.05, 0) is 49.7 Å². The van der Waals surface area contributed by atoms with E-state index < -0.39 is 0 Å². The maximum absolute atomic E-state index is 5.96. The zero-order valence-electron chi connectivity index (χ0n) is 11.8. The molecule has 104 valence electrons. The number of fused-ring (bicyclic) bond motifs is 1. The number of piperidine rings is 1. The molecule has 1 aromatic carbocycles. The monoisotopic (exact) mass is 276 g/mol. The first kappa shape index (κ1) is 13.5. The summed E-state index contributed by atoms with van der Waals surface area (Å²) in [5.74, 6) is 0.774. The second-order valence-electron chi connectivity index (χ2n) is 5.99. The van der Waals surface area contributed by atoms with Gasteiger partial charge in [-0.2, -0.15) is 11.8 Å². The van der Waals surface area contributed by atoms with Gasteiger partial charge in [0.1, 0.15) is 0 Å². The maximum Gasteiger partial charge on any atom is 0.0303 e. The summed E-state index contributed by atoms with van der Waals surface area (Å²) in [7, 11) is 0. The summed E-state index contributed by atoms with van der Waals surface area (Å²) in [5, 5.41) is 0. The van der Waals surface area contributed by atoms with Crippen molar-refractivity contribution in [3.63, 3.8) is 0 Å². The van der Waals surface area contributed by atoms with Gasteiger partial charge < -0.3 is 10.6 Å². The van der Waals surface area contributed by atoms with Crippen LogP contribution in [0, 0.1) is 0 Å². The molecule has 3 rings (SSSR count). The molecular weight excluding hydrogens is 252 g/mol. The minimum absolute atomic E-state index is 0.355. The van der Waals surface area contributed by atoms with Crippen LogP contribution in [0.5, 0.6) is 0 Å². The summed E-state index contributed by atoms with van der Waals surface area (Å²) in [6.07, 6.45) is 5.99. The molecule has 1 atom stereocenters. The number of nitrogens with zero attached hydrogens (tertiary/aromatic N) is 1. The average Bonchev–Trinajstić information content (AvgIpc) is 2.46. The number of hydrogen-bond acceptors (Lipinski definition) is 3. The minimum Gasteiger partial charge on any atom is -0.329 e. The van der Waals surface area contributed by atoms with Crippen LogP contribution in [0.15, 0.2) is 24.3 Å². The van der Waals surface area contributed by atoms with Crippen LogP contribution in [0.2, 0.25) is 0 Å². The summed E-state index contributed by atoms with van der Waals surface area (Å²) >= 11 is 1.97. The van der Waals surface area contributed by atoms with Gasteiger partial charge in [-0.15, -0.1) is 0 Å². The van der Waals surface area contributed by atoms with E-state index in [1.165, 1.54) is 38.9 Å². The Hall–Kier alpha value is -0.510. The third-order valence-electron chi connectivity index (χ3n) is 5.01. The van der Waals surface area contributed by atoms with Crippen molar-refractivity contribution in [2.45, 2.75) is 29.9 Å². The predicted octanol–water partition coefficient (Wildman–Crippen LogP) is 2.48. The van der Waals surface area contributed by atoms with E-state index in [1.54, 1.807) is 11.1 Å². The zero-order chi connectivity index (χ0) is 13.3. The first-order chi connectivity index (χ1) is 9.26. The van der Waals surface area contributed by atoms with Gasteiger partial charge in [0.15, 0.2) is 0 Å². The standard InChI is InChI=1S/C16H24N2S/c1-19-16(12-17)6-8-18(9-7-16)11-14-10-13-4-2-3-5-15(13)14/h2-5,14H,6-12,17H2,1H3. The van der Waals surface area contributed by atoms with Gasteiger partial charge in [-0.3, -0.25) is 0 Å². The molecule has 19 heavy (non-hydrogen) atoms. The average molecular weight is 276 g/mol. The molecule has 0 saturated carbocycles. The molecule has 1 aromatic rings. The molecule has 0 spiro atoms. The molecule has 1 unspecified atom stereocenters. The van der Waals surface area contributed by atoms with Crippen LogP contribution in [0.1, 0.15) is 29.9 Å². The highest BCUT2D eigenvalue weighted by molar-refractivity contribution is 8.00. The highest BCUT2D eigenvalue weighted by Gasteiger charge is 2.34. The van der Waals surface area contributed by atoms with E-state index in [0.717, 1.165) is 12.5 Å². The fraction of sp³-hybridized carbons (Fsp3) is 0.625. The van der Waals surface area contributed by atoms with Crippen LogP contribution in [-0.4, -0.2) is 42.1 Å². The number of nitrogens with two attached hydrogens (primary N) is 1. The third-order valence-corrected chi connectivity index (χ3v) is 6.45. The SMILES string of the molecule is CSC1(CN)CCN(CC2Cc3ccccc32)CC1. The normalized spacial score (nSPS) is 25.7. The second kappa shape index (κ2) is 5.47. The van der Waals surface area contributed by atoms with E-state index in [2.05, 4.69) is 35.4 Å². The first-order valence-electron chi connectivity index (χ1n) is 7.32. The van der Waals surface area contributed by atoms with Crippen LogP contribution in [0.3, 0.4) is 0 Å². The number of benzene rings is 1. The Bertz CT molecular complexity index is 432. The molecular formula is C16H24N2S. The molecule has 1 heterocycles. The molecule has 3 heteroatoms. The van der Waals surface area contributed by atoms with Gasteiger partial charge in [-0.1, -0.05) is 24.3 Å². The molecule has 2 nitrogen and oxygen atoms in total. The van der Waals surface area contributed by atoms with Crippen molar-refractivity contribution in [3.05, 3.63) is 35.4 Å². The maximum atomic E-state index is 5.96. The van der Waals surface area contributed by atoms with Crippen LogP contribution in [-0.2, 0) is 6.42 Å². The molecule has 1 aliphatic carbocycles. The van der Waals surface area contributed by atoms with Gasteiger partial charge >= 0.3 is 0 Å². The number of likely N-dealkylation sites (tertiary alicyclic amines) is 1. The van der Waals surface area contributed by atoms with Crippen molar-refractivity contribution >= 4 is 11.8 Å². The van der Waals surface area contributed by atoms with Gasteiger partial charge in [-0.25, -0.2) is 0 Å². The Morgan fingerprint density at radius 3 is 2.68 bits per heavy atom. The smallest absolute Gasteiger partial charge is 0.0303 e. The molecule has 0 amide bonds. The van der Waals surface area contributed by atoms with Crippen molar-refractivity contribution in [2.24, 2.45) is 5.73 Å². The molecule has 2 N–H and O–H groups in total. The predicted molar refractivity (Wildman–Crippen MR) is 83.9 cm³/mol. The Labute approximate surface area is 120 Å².